The fourth-order valence-electron chi connectivity index (χ4n) is 1.41. The van der Waals surface area contributed by atoms with Crippen molar-refractivity contribution >= 4 is 11.6 Å². The molecule has 0 saturated carbocycles. The molecule has 6 heteroatoms. The first kappa shape index (κ1) is 14.6. The third-order valence-corrected chi connectivity index (χ3v) is 2.45. The predicted molar refractivity (Wildman–Crippen MR) is 65.5 cm³/mol. The molecule has 0 aliphatic carbocycles. The van der Waals surface area contributed by atoms with E-state index in [0.29, 0.717) is 5.69 Å². The molecule has 0 aliphatic heterocycles. The molecule has 100 valence electrons. The first-order chi connectivity index (χ1) is 8.56. The summed E-state index contributed by atoms with van der Waals surface area (Å²) in [6, 6.07) is 5.37. The summed E-state index contributed by atoms with van der Waals surface area (Å²) >= 11 is 0. The van der Waals surface area contributed by atoms with Crippen LogP contribution in [-0.2, 0) is 9.53 Å². The van der Waals surface area contributed by atoms with E-state index in [1.165, 1.54) is 31.4 Å². The Hall–Kier alpha value is -1.50. The van der Waals surface area contributed by atoms with Gasteiger partial charge in [0.15, 0.2) is 0 Å². The van der Waals surface area contributed by atoms with Gasteiger partial charge in [0.1, 0.15) is 11.9 Å². The number of halogens is 1. The quantitative estimate of drug-likeness (QED) is 0.691. The van der Waals surface area contributed by atoms with E-state index >= 15 is 0 Å². The summed E-state index contributed by atoms with van der Waals surface area (Å²) in [5.41, 5.74) is 5.73. The van der Waals surface area contributed by atoms with Crippen LogP contribution in [0.1, 0.15) is 6.42 Å². The normalized spacial score (nSPS) is 14.0. The number of rotatable bonds is 6. The maximum Gasteiger partial charge on any atom is 0.253 e. The van der Waals surface area contributed by atoms with Crippen LogP contribution in [0.3, 0.4) is 0 Å². The molecule has 0 aromatic heterocycles. The van der Waals surface area contributed by atoms with E-state index in [9.17, 15) is 14.3 Å². The second-order valence-corrected chi connectivity index (χ2v) is 3.85. The van der Waals surface area contributed by atoms with E-state index in [1.54, 1.807) is 0 Å². The number of carbonyl (C=O) groups excluding carboxylic acids is 1. The number of amides is 1. The molecule has 2 atom stereocenters. The highest BCUT2D eigenvalue weighted by molar-refractivity contribution is 5.94. The molecule has 1 rings (SSSR count). The Morgan fingerprint density at radius 2 is 2.11 bits per heavy atom. The van der Waals surface area contributed by atoms with Gasteiger partial charge in [-0.05, 0) is 24.3 Å². The van der Waals surface area contributed by atoms with Crippen LogP contribution in [0.4, 0.5) is 10.1 Å². The molecule has 0 spiro atoms. The van der Waals surface area contributed by atoms with Gasteiger partial charge in [-0.2, -0.15) is 0 Å². The Morgan fingerprint density at radius 1 is 1.50 bits per heavy atom. The van der Waals surface area contributed by atoms with Crippen molar-refractivity contribution in [2.75, 3.05) is 19.0 Å². The zero-order valence-electron chi connectivity index (χ0n) is 10.1. The smallest absolute Gasteiger partial charge is 0.253 e. The number of aliphatic hydroxyl groups excluding tert-OH is 1. The molecule has 5 nitrogen and oxygen atoms in total. The summed E-state index contributed by atoms with van der Waals surface area (Å²) < 4.78 is 17.7. The number of nitrogens with two attached hydrogens (primary N) is 1. The lowest BCUT2D eigenvalue weighted by atomic mass is 10.1. The highest BCUT2D eigenvalue weighted by Crippen LogP contribution is 2.11. The Bertz CT molecular complexity index is 383. The maximum absolute atomic E-state index is 12.7. The monoisotopic (exact) mass is 256 g/mol. The largest absolute Gasteiger partial charge is 0.392 e. The topological polar surface area (TPSA) is 84.6 Å². The number of methoxy groups -OCH3 is 1. The lowest BCUT2D eigenvalue weighted by Crippen LogP contribution is -2.35. The number of hydrogen-bond donors (Lipinski definition) is 3. The van der Waals surface area contributed by atoms with E-state index in [-0.39, 0.29) is 18.8 Å². The number of carbonyl (C=O) groups is 1. The van der Waals surface area contributed by atoms with Gasteiger partial charge in [0.25, 0.3) is 5.91 Å². The molecule has 0 bridgehead atoms. The second-order valence-electron chi connectivity index (χ2n) is 3.85. The van der Waals surface area contributed by atoms with E-state index in [4.69, 9.17) is 10.5 Å². The number of aliphatic hydroxyl groups is 1. The Morgan fingerprint density at radius 3 is 2.61 bits per heavy atom. The summed E-state index contributed by atoms with van der Waals surface area (Å²) in [6.45, 7) is 0.0592. The van der Waals surface area contributed by atoms with Crippen molar-refractivity contribution in [1.82, 2.24) is 0 Å². The molecule has 0 aliphatic rings. The standard InChI is InChI=1S/C12H17FN2O3/c1-18-11(6-10(16)7-14)12(17)15-9-4-2-8(13)3-5-9/h2-5,10-11,16H,6-7,14H2,1H3,(H,15,17). The molecule has 4 N–H and O–H groups in total. The van der Waals surface area contributed by atoms with Crippen molar-refractivity contribution in [3.63, 3.8) is 0 Å². The first-order valence-corrected chi connectivity index (χ1v) is 5.54. The van der Waals surface area contributed by atoms with Crippen molar-refractivity contribution in [2.45, 2.75) is 18.6 Å². The van der Waals surface area contributed by atoms with Gasteiger partial charge >= 0.3 is 0 Å². The van der Waals surface area contributed by atoms with E-state index in [0.717, 1.165) is 0 Å². The molecular weight excluding hydrogens is 239 g/mol. The number of nitrogens with one attached hydrogen (secondary N) is 1. The van der Waals surface area contributed by atoms with E-state index < -0.39 is 18.1 Å². The fraction of sp³-hybridized carbons (Fsp3) is 0.417. The van der Waals surface area contributed by atoms with Gasteiger partial charge in [-0.25, -0.2) is 4.39 Å². The van der Waals surface area contributed by atoms with Crippen molar-refractivity contribution in [1.29, 1.82) is 0 Å². The van der Waals surface area contributed by atoms with Gasteiger partial charge in [-0.3, -0.25) is 4.79 Å². The minimum atomic E-state index is -0.798. The van der Waals surface area contributed by atoms with Crippen LogP contribution in [-0.4, -0.2) is 36.9 Å². The van der Waals surface area contributed by atoms with Gasteiger partial charge < -0.3 is 20.9 Å². The Balaban J connectivity index is 2.59. The van der Waals surface area contributed by atoms with Crippen LogP contribution >= 0.6 is 0 Å². The van der Waals surface area contributed by atoms with Crippen molar-refractivity contribution < 1.29 is 19.0 Å². The summed E-state index contributed by atoms with van der Waals surface area (Å²) in [7, 11) is 1.37. The number of benzene rings is 1. The van der Waals surface area contributed by atoms with Gasteiger partial charge in [0, 0.05) is 25.8 Å². The molecule has 18 heavy (non-hydrogen) atoms. The highest BCUT2D eigenvalue weighted by Gasteiger charge is 2.21. The van der Waals surface area contributed by atoms with E-state index in [2.05, 4.69) is 5.32 Å². The lowest BCUT2D eigenvalue weighted by molar-refractivity contribution is -0.127. The zero-order valence-corrected chi connectivity index (χ0v) is 10.1. The minimum absolute atomic E-state index is 0.0592. The van der Waals surface area contributed by atoms with E-state index in [1.807, 2.05) is 0 Å². The second kappa shape index (κ2) is 7.05. The zero-order chi connectivity index (χ0) is 13.5. The molecular formula is C12H17FN2O3. The van der Waals surface area contributed by atoms with Gasteiger partial charge in [-0.15, -0.1) is 0 Å². The average Bonchev–Trinajstić information content (AvgIpc) is 2.38. The molecule has 1 aromatic carbocycles. The SMILES string of the molecule is COC(CC(O)CN)C(=O)Nc1ccc(F)cc1. The van der Waals surface area contributed by atoms with Crippen LogP contribution in [0.5, 0.6) is 0 Å². The van der Waals surface area contributed by atoms with Crippen LogP contribution in [0, 0.1) is 5.82 Å². The number of anilines is 1. The van der Waals surface area contributed by atoms with Crippen LogP contribution in [0.2, 0.25) is 0 Å². The molecule has 0 fully saturated rings. The van der Waals surface area contributed by atoms with Crippen LogP contribution < -0.4 is 11.1 Å². The predicted octanol–water partition coefficient (Wildman–Crippen LogP) is 0.489. The third-order valence-electron chi connectivity index (χ3n) is 2.45. The molecule has 2 unspecified atom stereocenters. The molecule has 0 radical (unpaired) electrons. The van der Waals surface area contributed by atoms with Crippen molar-refractivity contribution in [3.8, 4) is 0 Å². The van der Waals surface area contributed by atoms with Crippen molar-refractivity contribution in [2.24, 2.45) is 5.73 Å². The summed E-state index contributed by atoms with van der Waals surface area (Å²) in [4.78, 5) is 11.8. The highest BCUT2D eigenvalue weighted by atomic mass is 19.1. The third kappa shape index (κ3) is 4.40. The minimum Gasteiger partial charge on any atom is -0.392 e. The van der Waals surface area contributed by atoms with Gasteiger partial charge in [-0.1, -0.05) is 0 Å². The van der Waals surface area contributed by atoms with Crippen LogP contribution in [0.25, 0.3) is 0 Å². The summed E-state index contributed by atoms with van der Waals surface area (Å²) in [5, 5.41) is 11.9. The number of hydrogen-bond acceptors (Lipinski definition) is 4. The Labute approximate surface area is 105 Å². The summed E-state index contributed by atoms with van der Waals surface area (Å²) in [6.07, 6.45) is -1.48. The van der Waals surface area contributed by atoms with Gasteiger partial charge in [0.2, 0.25) is 0 Å². The fourth-order valence-corrected chi connectivity index (χ4v) is 1.41. The average molecular weight is 256 g/mol. The first-order valence-electron chi connectivity index (χ1n) is 5.54. The van der Waals surface area contributed by atoms with Crippen molar-refractivity contribution in [3.05, 3.63) is 30.1 Å². The molecule has 1 aromatic rings. The van der Waals surface area contributed by atoms with Crippen LogP contribution in [0.15, 0.2) is 24.3 Å². The van der Waals surface area contributed by atoms with Gasteiger partial charge in [0.05, 0.1) is 6.10 Å². The lowest BCUT2D eigenvalue weighted by Gasteiger charge is -2.17. The Kier molecular flexibility index (Phi) is 5.70. The summed E-state index contributed by atoms with van der Waals surface area (Å²) in [5.74, 6) is -0.786. The number of ether oxygens (including phenoxy) is 1. The molecule has 0 heterocycles. The maximum atomic E-state index is 12.7. The molecule has 0 saturated heterocycles. The molecule has 1 amide bonds.